The van der Waals surface area contributed by atoms with Gasteiger partial charge in [0.05, 0.1) is 11.3 Å². The maximum Gasteiger partial charge on any atom is 0.337 e. The number of aromatic nitrogens is 1. The van der Waals surface area contributed by atoms with Gasteiger partial charge in [-0.05, 0) is 42.7 Å². The van der Waals surface area contributed by atoms with E-state index in [1.54, 1.807) is 0 Å². The van der Waals surface area contributed by atoms with Crippen LogP contribution in [0.25, 0.3) is 16.7 Å². The van der Waals surface area contributed by atoms with Crippen molar-refractivity contribution in [2.75, 3.05) is 13.1 Å². The van der Waals surface area contributed by atoms with Gasteiger partial charge in [0.2, 0.25) is 0 Å². The van der Waals surface area contributed by atoms with Crippen molar-refractivity contribution in [1.82, 2.24) is 10.3 Å². The third-order valence-electron chi connectivity index (χ3n) is 3.96. The van der Waals surface area contributed by atoms with Crippen LogP contribution in [0.1, 0.15) is 28.0 Å². The first-order chi connectivity index (χ1) is 10.7. The third kappa shape index (κ3) is 2.78. The van der Waals surface area contributed by atoms with E-state index in [0.29, 0.717) is 0 Å². The molecule has 1 aromatic carbocycles. The lowest BCUT2D eigenvalue weighted by molar-refractivity contribution is 0.0697. The van der Waals surface area contributed by atoms with E-state index in [1.807, 2.05) is 37.3 Å². The Morgan fingerprint density at radius 1 is 1.27 bits per heavy atom. The maximum atomic E-state index is 11.5. The van der Waals surface area contributed by atoms with Crippen molar-refractivity contribution < 1.29 is 9.90 Å². The zero-order valence-electron chi connectivity index (χ0n) is 12.5. The highest BCUT2D eigenvalue weighted by atomic mass is 16.4. The summed E-state index contributed by atoms with van der Waals surface area (Å²) >= 11 is 0. The topological polar surface area (TPSA) is 62.2 Å². The number of benzene rings is 1. The standard InChI is InChI=1S/C18H18N2O2/c1-12-4-2-3-5-14(12)15-10-17(13-6-8-19-9-7-13)20-11-16(15)18(21)22/h2-6,10-11,19H,7-9H2,1H3,(H,21,22). The summed E-state index contributed by atoms with van der Waals surface area (Å²) in [6.07, 6.45) is 4.50. The van der Waals surface area contributed by atoms with Crippen molar-refractivity contribution in [1.29, 1.82) is 0 Å². The number of aryl methyl sites for hydroxylation is 1. The Balaban J connectivity index is 2.15. The lowest BCUT2D eigenvalue weighted by Crippen LogP contribution is -2.20. The molecule has 112 valence electrons. The van der Waals surface area contributed by atoms with Crippen LogP contribution in [0.3, 0.4) is 0 Å². The monoisotopic (exact) mass is 294 g/mol. The number of carboxylic acid groups (broad SMARTS) is 1. The minimum atomic E-state index is -0.948. The highest BCUT2D eigenvalue weighted by Crippen LogP contribution is 2.29. The van der Waals surface area contributed by atoms with Crippen LogP contribution >= 0.6 is 0 Å². The molecule has 22 heavy (non-hydrogen) atoms. The number of carbonyl (C=O) groups is 1. The molecule has 0 saturated heterocycles. The summed E-state index contributed by atoms with van der Waals surface area (Å²) in [6, 6.07) is 9.74. The number of nitrogens with zero attached hydrogens (tertiary/aromatic N) is 1. The van der Waals surface area contributed by atoms with Gasteiger partial charge in [0, 0.05) is 18.3 Å². The molecule has 4 heteroatoms. The SMILES string of the molecule is Cc1ccccc1-c1cc(C2=CCNCC2)ncc1C(=O)O. The lowest BCUT2D eigenvalue weighted by Gasteiger charge is -2.16. The summed E-state index contributed by atoms with van der Waals surface area (Å²) in [5, 5.41) is 12.7. The van der Waals surface area contributed by atoms with Crippen LogP contribution in [0.15, 0.2) is 42.6 Å². The number of pyridine rings is 1. The van der Waals surface area contributed by atoms with E-state index < -0.39 is 5.97 Å². The molecule has 0 radical (unpaired) electrons. The van der Waals surface area contributed by atoms with Gasteiger partial charge in [-0.3, -0.25) is 4.98 Å². The fourth-order valence-corrected chi connectivity index (χ4v) is 2.75. The molecule has 2 aromatic rings. The second-order valence-electron chi connectivity index (χ2n) is 5.42. The van der Waals surface area contributed by atoms with E-state index in [1.165, 1.54) is 11.8 Å². The molecular weight excluding hydrogens is 276 g/mol. The first-order valence-corrected chi connectivity index (χ1v) is 7.36. The number of nitrogens with one attached hydrogen (secondary N) is 1. The van der Waals surface area contributed by atoms with Gasteiger partial charge in [0.1, 0.15) is 0 Å². The summed E-state index contributed by atoms with van der Waals surface area (Å²) in [5.74, 6) is -0.948. The van der Waals surface area contributed by atoms with E-state index >= 15 is 0 Å². The molecule has 0 unspecified atom stereocenters. The molecule has 1 aromatic heterocycles. The largest absolute Gasteiger partial charge is 0.478 e. The molecule has 2 N–H and O–H groups in total. The molecular formula is C18H18N2O2. The number of carboxylic acids is 1. The van der Waals surface area contributed by atoms with E-state index in [4.69, 9.17) is 0 Å². The number of aromatic carboxylic acids is 1. The van der Waals surface area contributed by atoms with E-state index in [0.717, 1.165) is 41.9 Å². The molecule has 3 rings (SSSR count). The first-order valence-electron chi connectivity index (χ1n) is 7.36. The van der Waals surface area contributed by atoms with Gasteiger partial charge in [-0.2, -0.15) is 0 Å². The van der Waals surface area contributed by atoms with Crippen LogP contribution in [0.4, 0.5) is 0 Å². The molecule has 4 nitrogen and oxygen atoms in total. The van der Waals surface area contributed by atoms with Gasteiger partial charge in [-0.25, -0.2) is 4.79 Å². The third-order valence-corrected chi connectivity index (χ3v) is 3.96. The molecule has 0 amide bonds. The molecule has 2 heterocycles. The Labute approximate surface area is 129 Å². The van der Waals surface area contributed by atoms with Gasteiger partial charge in [0.15, 0.2) is 0 Å². The molecule has 0 fully saturated rings. The first kappa shape index (κ1) is 14.5. The van der Waals surface area contributed by atoms with Crippen molar-refractivity contribution >= 4 is 11.5 Å². The summed E-state index contributed by atoms with van der Waals surface area (Å²) in [6.45, 7) is 3.75. The normalized spacial score (nSPS) is 14.5. The Bertz CT molecular complexity index is 751. The summed E-state index contributed by atoms with van der Waals surface area (Å²) in [4.78, 5) is 15.9. The molecule has 1 aliphatic heterocycles. The van der Waals surface area contributed by atoms with Crippen LogP contribution in [0.2, 0.25) is 0 Å². The molecule has 0 spiro atoms. The van der Waals surface area contributed by atoms with Gasteiger partial charge in [0.25, 0.3) is 0 Å². The van der Waals surface area contributed by atoms with Gasteiger partial charge < -0.3 is 10.4 Å². The molecule has 0 saturated carbocycles. The average Bonchev–Trinajstić information content (AvgIpc) is 2.55. The fourth-order valence-electron chi connectivity index (χ4n) is 2.75. The number of hydrogen-bond acceptors (Lipinski definition) is 3. The Kier molecular flexibility index (Phi) is 4.02. The van der Waals surface area contributed by atoms with Crippen LogP contribution < -0.4 is 5.32 Å². The van der Waals surface area contributed by atoms with Crippen molar-refractivity contribution in [3.8, 4) is 11.1 Å². The summed E-state index contributed by atoms with van der Waals surface area (Å²) < 4.78 is 0. The second-order valence-corrected chi connectivity index (χ2v) is 5.42. The van der Waals surface area contributed by atoms with Crippen LogP contribution in [-0.4, -0.2) is 29.1 Å². The minimum Gasteiger partial charge on any atom is -0.478 e. The molecule has 0 bridgehead atoms. The van der Waals surface area contributed by atoms with Crippen molar-refractivity contribution in [2.24, 2.45) is 0 Å². The Morgan fingerprint density at radius 2 is 2.09 bits per heavy atom. The summed E-state index contributed by atoms with van der Waals surface area (Å²) in [5.41, 5.74) is 5.01. The smallest absolute Gasteiger partial charge is 0.337 e. The molecule has 1 aliphatic rings. The van der Waals surface area contributed by atoms with Crippen molar-refractivity contribution in [2.45, 2.75) is 13.3 Å². The van der Waals surface area contributed by atoms with E-state index in [-0.39, 0.29) is 5.56 Å². The Hall–Kier alpha value is -2.46. The molecule has 0 aliphatic carbocycles. The van der Waals surface area contributed by atoms with Crippen molar-refractivity contribution in [3.05, 3.63) is 59.4 Å². The quantitative estimate of drug-likeness (QED) is 0.913. The van der Waals surface area contributed by atoms with E-state index in [9.17, 15) is 9.90 Å². The zero-order chi connectivity index (χ0) is 15.5. The lowest BCUT2D eigenvalue weighted by atomic mass is 9.94. The Morgan fingerprint density at radius 3 is 2.77 bits per heavy atom. The maximum absolute atomic E-state index is 11.5. The van der Waals surface area contributed by atoms with Gasteiger partial charge >= 0.3 is 5.97 Å². The fraction of sp³-hybridized carbons (Fsp3) is 0.222. The summed E-state index contributed by atoms with van der Waals surface area (Å²) in [7, 11) is 0. The van der Waals surface area contributed by atoms with Gasteiger partial charge in [-0.15, -0.1) is 0 Å². The highest BCUT2D eigenvalue weighted by Gasteiger charge is 2.16. The highest BCUT2D eigenvalue weighted by molar-refractivity contribution is 5.96. The number of rotatable bonds is 3. The minimum absolute atomic E-state index is 0.243. The van der Waals surface area contributed by atoms with Crippen molar-refractivity contribution in [3.63, 3.8) is 0 Å². The van der Waals surface area contributed by atoms with E-state index in [2.05, 4.69) is 16.4 Å². The zero-order valence-corrected chi connectivity index (χ0v) is 12.5. The van der Waals surface area contributed by atoms with Crippen LogP contribution in [-0.2, 0) is 0 Å². The second kappa shape index (κ2) is 6.12. The molecule has 0 atom stereocenters. The predicted octanol–water partition coefficient (Wildman–Crippen LogP) is 3.13. The predicted molar refractivity (Wildman–Crippen MR) is 86.8 cm³/mol. The van der Waals surface area contributed by atoms with Gasteiger partial charge in [-0.1, -0.05) is 30.3 Å². The van der Waals surface area contributed by atoms with Crippen LogP contribution in [0.5, 0.6) is 0 Å². The average molecular weight is 294 g/mol. The number of hydrogen-bond donors (Lipinski definition) is 2. The van der Waals surface area contributed by atoms with Crippen LogP contribution in [0, 0.1) is 6.92 Å².